The van der Waals surface area contributed by atoms with E-state index in [9.17, 15) is 10.1 Å². The molecule has 1 heterocycles. The number of methoxy groups -OCH3 is 1. The highest BCUT2D eigenvalue weighted by molar-refractivity contribution is 5.93. The zero-order chi connectivity index (χ0) is 14.8. The molecule has 2 rings (SSSR count). The Labute approximate surface area is 116 Å². The van der Waals surface area contributed by atoms with Crippen molar-refractivity contribution in [2.75, 3.05) is 13.7 Å². The highest BCUT2D eigenvalue weighted by Crippen LogP contribution is 2.25. The Balaban J connectivity index is 2.28. The van der Waals surface area contributed by atoms with Crippen LogP contribution in [0.3, 0.4) is 0 Å². The van der Waals surface area contributed by atoms with E-state index in [0.29, 0.717) is 23.8 Å². The summed E-state index contributed by atoms with van der Waals surface area (Å²) < 4.78 is 10.6. The number of rotatable bonds is 4. The standard InChI is InChI=1S/C14H16N2O4/c1-14(2)9-20-13(15-14)7-4-10-8-11(16(17)18)5-6-12(10)19-3/h4-8H,9H2,1-3H3. The van der Waals surface area contributed by atoms with E-state index in [2.05, 4.69) is 4.99 Å². The molecule has 6 nitrogen and oxygen atoms in total. The van der Waals surface area contributed by atoms with E-state index in [1.54, 1.807) is 18.2 Å². The van der Waals surface area contributed by atoms with Gasteiger partial charge in [-0.25, -0.2) is 4.99 Å². The molecule has 0 spiro atoms. The molecule has 0 aromatic heterocycles. The number of hydrogen-bond acceptors (Lipinski definition) is 5. The predicted molar refractivity (Wildman–Crippen MR) is 76.1 cm³/mol. The molecule has 0 aliphatic carbocycles. The van der Waals surface area contributed by atoms with E-state index in [4.69, 9.17) is 9.47 Å². The third-order valence-electron chi connectivity index (χ3n) is 2.82. The van der Waals surface area contributed by atoms with Gasteiger partial charge in [-0.15, -0.1) is 0 Å². The molecule has 1 aromatic rings. The van der Waals surface area contributed by atoms with Crippen molar-refractivity contribution < 1.29 is 14.4 Å². The summed E-state index contributed by atoms with van der Waals surface area (Å²) in [5, 5.41) is 10.8. The van der Waals surface area contributed by atoms with Crippen molar-refractivity contribution in [3.63, 3.8) is 0 Å². The first-order valence-electron chi connectivity index (χ1n) is 6.14. The molecule has 0 amide bonds. The van der Waals surface area contributed by atoms with Crippen LogP contribution in [0.5, 0.6) is 5.75 Å². The fraction of sp³-hybridized carbons (Fsp3) is 0.357. The zero-order valence-corrected chi connectivity index (χ0v) is 11.6. The van der Waals surface area contributed by atoms with E-state index in [-0.39, 0.29) is 11.2 Å². The van der Waals surface area contributed by atoms with Gasteiger partial charge in [-0.05, 0) is 26.0 Å². The second-order valence-electron chi connectivity index (χ2n) is 5.07. The number of ether oxygens (including phenoxy) is 2. The van der Waals surface area contributed by atoms with Gasteiger partial charge < -0.3 is 9.47 Å². The van der Waals surface area contributed by atoms with Crippen molar-refractivity contribution >= 4 is 17.7 Å². The molecule has 106 valence electrons. The molecule has 0 fully saturated rings. The fourth-order valence-electron chi connectivity index (χ4n) is 1.83. The van der Waals surface area contributed by atoms with Crippen LogP contribution < -0.4 is 4.74 Å². The average Bonchev–Trinajstić information content (AvgIpc) is 2.75. The second-order valence-corrected chi connectivity index (χ2v) is 5.07. The number of nitro benzene ring substituents is 1. The number of hydrogen-bond donors (Lipinski definition) is 0. The summed E-state index contributed by atoms with van der Waals surface area (Å²) in [4.78, 5) is 14.7. The third kappa shape index (κ3) is 3.14. The monoisotopic (exact) mass is 276 g/mol. The van der Waals surface area contributed by atoms with E-state index < -0.39 is 4.92 Å². The lowest BCUT2D eigenvalue weighted by Crippen LogP contribution is -2.17. The molecular weight excluding hydrogens is 260 g/mol. The number of nitrogens with zero attached hydrogens (tertiary/aromatic N) is 2. The Kier molecular flexibility index (Phi) is 3.74. The molecule has 6 heteroatoms. The largest absolute Gasteiger partial charge is 0.496 e. The first kappa shape index (κ1) is 14.0. The van der Waals surface area contributed by atoms with E-state index in [1.165, 1.54) is 19.2 Å². The van der Waals surface area contributed by atoms with Crippen LogP contribution in [0.4, 0.5) is 5.69 Å². The Morgan fingerprint density at radius 1 is 1.45 bits per heavy atom. The van der Waals surface area contributed by atoms with E-state index >= 15 is 0 Å². The van der Waals surface area contributed by atoms with Gasteiger partial charge >= 0.3 is 0 Å². The van der Waals surface area contributed by atoms with Gasteiger partial charge in [-0.2, -0.15) is 0 Å². The molecule has 0 atom stereocenters. The van der Waals surface area contributed by atoms with Crippen molar-refractivity contribution in [1.29, 1.82) is 0 Å². The molecule has 1 aliphatic rings. The molecule has 0 bridgehead atoms. The third-order valence-corrected chi connectivity index (χ3v) is 2.82. The van der Waals surface area contributed by atoms with Crippen LogP contribution in [0.1, 0.15) is 19.4 Å². The molecular formula is C14H16N2O4. The molecule has 1 aromatic carbocycles. The van der Waals surface area contributed by atoms with Gasteiger partial charge in [0.05, 0.1) is 17.6 Å². The van der Waals surface area contributed by atoms with Crippen molar-refractivity contribution in [1.82, 2.24) is 0 Å². The van der Waals surface area contributed by atoms with E-state index in [0.717, 1.165) is 0 Å². The highest BCUT2D eigenvalue weighted by Gasteiger charge is 2.24. The lowest BCUT2D eigenvalue weighted by atomic mass is 10.1. The number of nitro groups is 1. The van der Waals surface area contributed by atoms with Gasteiger partial charge in [-0.1, -0.05) is 0 Å². The SMILES string of the molecule is COc1ccc([N+](=O)[O-])cc1C=CC1=NC(C)(C)CO1. The molecule has 20 heavy (non-hydrogen) atoms. The number of non-ortho nitro benzene ring substituents is 1. The van der Waals surface area contributed by atoms with Crippen molar-refractivity contribution in [3.05, 3.63) is 40.0 Å². The lowest BCUT2D eigenvalue weighted by molar-refractivity contribution is -0.384. The topological polar surface area (TPSA) is 74.0 Å². The molecule has 0 N–H and O–H groups in total. The highest BCUT2D eigenvalue weighted by atomic mass is 16.6. The lowest BCUT2D eigenvalue weighted by Gasteiger charge is -2.07. The minimum Gasteiger partial charge on any atom is -0.496 e. The smallest absolute Gasteiger partial charge is 0.270 e. The van der Waals surface area contributed by atoms with Crippen LogP contribution in [-0.4, -0.2) is 30.1 Å². The Hall–Kier alpha value is -2.37. The van der Waals surface area contributed by atoms with Crippen molar-refractivity contribution in [2.24, 2.45) is 4.99 Å². The molecule has 1 aliphatic heterocycles. The Morgan fingerprint density at radius 2 is 2.20 bits per heavy atom. The first-order chi connectivity index (χ1) is 9.41. The summed E-state index contributed by atoms with van der Waals surface area (Å²) >= 11 is 0. The van der Waals surface area contributed by atoms with Crippen LogP contribution in [0.25, 0.3) is 6.08 Å². The van der Waals surface area contributed by atoms with Gasteiger partial charge in [-0.3, -0.25) is 10.1 Å². The predicted octanol–water partition coefficient (Wildman–Crippen LogP) is 2.82. The van der Waals surface area contributed by atoms with Crippen LogP contribution in [0, 0.1) is 10.1 Å². The minimum absolute atomic E-state index is 0.0139. The van der Waals surface area contributed by atoms with Gasteiger partial charge in [0.1, 0.15) is 12.4 Å². The second kappa shape index (κ2) is 5.32. The van der Waals surface area contributed by atoms with Crippen molar-refractivity contribution in [3.8, 4) is 5.75 Å². The van der Waals surface area contributed by atoms with Gasteiger partial charge in [0.2, 0.25) is 5.90 Å². The maximum Gasteiger partial charge on any atom is 0.270 e. The maximum atomic E-state index is 10.8. The Morgan fingerprint density at radius 3 is 2.75 bits per heavy atom. The molecule has 0 unspecified atom stereocenters. The van der Waals surface area contributed by atoms with Crippen molar-refractivity contribution in [2.45, 2.75) is 19.4 Å². The molecule has 0 radical (unpaired) electrons. The van der Waals surface area contributed by atoms with Crippen LogP contribution >= 0.6 is 0 Å². The quantitative estimate of drug-likeness (QED) is 0.626. The number of aliphatic imine (C=N–C) groups is 1. The summed E-state index contributed by atoms with van der Waals surface area (Å²) in [5.41, 5.74) is 0.393. The van der Waals surface area contributed by atoms with Gasteiger partial charge in [0, 0.05) is 23.8 Å². The van der Waals surface area contributed by atoms with Crippen LogP contribution in [0.2, 0.25) is 0 Å². The van der Waals surface area contributed by atoms with Crippen LogP contribution in [-0.2, 0) is 4.74 Å². The zero-order valence-electron chi connectivity index (χ0n) is 11.6. The van der Waals surface area contributed by atoms with E-state index in [1.807, 2.05) is 13.8 Å². The van der Waals surface area contributed by atoms with Gasteiger partial charge in [0.25, 0.3) is 5.69 Å². The molecule has 0 saturated heterocycles. The normalized spacial score (nSPS) is 16.9. The summed E-state index contributed by atoms with van der Waals surface area (Å²) in [6.07, 6.45) is 3.39. The maximum absolute atomic E-state index is 10.8. The first-order valence-corrected chi connectivity index (χ1v) is 6.14. The summed E-state index contributed by atoms with van der Waals surface area (Å²) in [6.45, 7) is 4.47. The van der Waals surface area contributed by atoms with Gasteiger partial charge in [0.15, 0.2) is 0 Å². The molecule has 0 saturated carbocycles. The summed E-state index contributed by atoms with van der Waals surface area (Å²) in [5.74, 6) is 1.08. The summed E-state index contributed by atoms with van der Waals surface area (Å²) in [6, 6.07) is 4.43. The fourth-order valence-corrected chi connectivity index (χ4v) is 1.83. The minimum atomic E-state index is -0.441. The number of benzene rings is 1. The summed E-state index contributed by atoms with van der Waals surface area (Å²) in [7, 11) is 1.52. The van der Waals surface area contributed by atoms with Crippen LogP contribution in [0.15, 0.2) is 29.3 Å². The average molecular weight is 276 g/mol. The Bertz CT molecular complexity index is 591.